The fourth-order valence-corrected chi connectivity index (χ4v) is 20.5. The summed E-state index contributed by atoms with van der Waals surface area (Å²) in [5, 5.41) is 7.00. The number of allylic oxidation sites excluding steroid dienone is 2. The van der Waals surface area contributed by atoms with E-state index in [0.29, 0.717) is 0 Å². The van der Waals surface area contributed by atoms with Crippen LogP contribution >= 0.6 is 0 Å². The van der Waals surface area contributed by atoms with E-state index in [1.807, 2.05) is 0 Å². The number of fused-ring (bicyclic) bond motifs is 2. The molecule has 2 atom stereocenters. The van der Waals surface area contributed by atoms with Gasteiger partial charge in [0, 0.05) is 7.11 Å². The predicted molar refractivity (Wildman–Crippen MR) is 104 cm³/mol. The summed E-state index contributed by atoms with van der Waals surface area (Å²) >= 11 is -2.19. The van der Waals surface area contributed by atoms with Crippen LogP contribution in [0, 0.1) is 13.8 Å². The molecule has 1 nitrogen and oxygen atoms in total. The molecule has 1 N–H and O–H groups in total. The van der Waals surface area contributed by atoms with E-state index in [1.54, 1.807) is 19.4 Å². The third kappa shape index (κ3) is 2.57. The molecule has 1 fully saturated rings. The van der Waals surface area contributed by atoms with Gasteiger partial charge in [-0.3, -0.25) is 0 Å². The summed E-state index contributed by atoms with van der Waals surface area (Å²) in [6, 6.07) is 13.8. The summed E-state index contributed by atoms with van der Waals surface area (Å²) in [6.07, 6.45) is 9.98. The van der Waals surface area contributed by atoms with Gasteiger partial charge in [-0.15, -0.1) is 0 Å². The molecule has 0 aromatic heterocycles. The number of benzene rings is 2. The first-order chi connectivity index (χ1) is 12.2. The van der Waals surface area contributed by atoms with Gasteiger partial charge in [-0.25, -0.2) is 0 Å². The van der Waals surface area contributed by atoms with Crippen LogP contribution in [0.5, 0.6) is 0 Å². The van der Waals surface area contributed by atoms with Gasteiger partial charge in [-0.05, 0) is 0 Å². The Labute approximate surface area is 155 Å². The predicted octanol–water partition coefficient (Wildman–Crippen LogP) is 5.75. The van der Waals surface area contributed by atoms with Crippen molar-refractivity contribution in [2.24, 2.45) is 0 Å². The molecule has 2 heteroatoms. The molecule has 2 aromatic carbocycles. The van der Waals surface area contributed by atoms with Crippen LogP contribution < -0.4 is 0 Å². The Balaban J connectivity index is 0.000000758. The molecule has 0 amide bonds. The first kappa shape index (κ1) is 17.2. The summed E-state index contributed by atoms with van der Waals surface area (Å²) in [5.74, 6) is 0. The molecule has 1 saturated heterocycles. The molecule has 3 aliphatic rings. The summed E-state index contributed by atoms with van der Waals surface area (Å²) in [7, 11) is 1.00. The zero-order valence-electron chi connectivity index (χ0n) is 15.3. The van der Waals surface area contributed by atoms with Crippen LogP contribution in [0.3, 0.4) is 0 Å². The van der Waals surface area contributed by atoms with Gasteiger partial charge in [0.25, 0.3) is 0 Å². The van der Waals surface area contributed by atoms with Crippen molar-refractivity contribution in [1.29, 1.82) is 0 Å². The number of aryl methyl sites for hydroxylation is 2. The fourth-order valence-electron chi connectivity index (χ4n) is 4.96. The second-order valence-corrected chi connectivity index (χ2v) is 19.1. The van der Waals surface area contributed by atoms with Gasteiger partial charge in [0.1, 0.15) is 0 Å². The van der Waals surface area contributed by atoms with Crippen molar-refractivity contribution in [1.82, 2.24) is 0 Å². The number of hydrogen-bond acceptors (Lipinski definition) is 1. The standard InChI is InChI=1S/2C10H9.C2H4.CH4O.Zr/c2*1-8-4-2-5-9-6-3-7-10(8)9;2*1-2;/h2*2-7H,1H3;1-2H2;2H,1H3;. The van der Waals surface area contributed by atoms with Gasteiger partial charge >= 0.3 is 144 Å². The topological polar surface area (TPSA) is 20.2 Å². The maximum atomic E-state index is 7.00. The second kappa shape index (κ2) is 6.49. The molecule has 5 rings (SSSR count). The second-order valence-electron chi connectivity index (χ2n) is 7.56. The van der Waals surface area contributed by atoms with Gasteiger partial charge < -0.3 is 5.11 Å². The molecule has 0 spiro atoms. The zero-order valence-corrected chi connectivity index (χ0v) is 17.7. The first-order valence-corrected chi connectivity index (χ1v) is 15.5. The molecule has 0 saturated carbocycles. The van der Waals surface area contributed by atoms with Crippen molar-refractivity contribution >= 4 is 12.2 Å². The van der Waals surface area contributed by atoms with Gasteiger partial charge in [0.05, 0.1) is 0 Å². The Morgan fingerprint density at radius 1 is 0.760 bits per heavy atom. The van der Waals surface area contributed by atoms with Gasteiger partial charge in [0.15, 0.2) is 0 Å². The average molecular weight is 410 g/mol. The Bertz CT molecular complexity index is 804. The quantitative estimate of drug-likeness (QED) is 0.669. The SMILES string of the molecule is CO.Cc1cccc2c1C=C[CH]2[Zr]1([CH]2C=Cc3c(C)cccc32)[CH2][CH2]1. The van der Waals surface area contributed by atoms with E-state index < -0.39 is 20.3 Å². The third-order valence-corrected chi connectivity index (χ3v) is 19.0. The summed E-state index contributed by atoms with van der Waals surface area (Å²) < 4.78 is 4.69. The molecule has 1 aliphatic heterocycles. The van der Waals surface area contributed by atoms with Crippen LogP contribution in [0.15, 0.2) is 48.6 Å². The molecule has 0 bridgehead atoms. The van der Waals surface area contributed by atoms with Gasteiger partial charge in [-0.2, -0.15) is 0 Å². The van der Waals surface area contributed by atoms with Crippen LogP contribution in [0.4, 0.5) is 0 Å². The number of aliphatic hydroxyl groups excluding tert-OH is 1. The zero-order chi connectivity index (χ0) is 17.6. The molecule has 2 aliphatic carbocycles. The average Bonchev–Trinajstić information content (AvgIpc) is 3.10. The Morgan fingerprint density at radius 3 is 1.60 bits per heavy atom. The monoisotopic (exact) mass is 408 g/mol. The van der Waals surface area contributed by atoms with E-state index in [0.717, 1.165) is 14.4 Å². The minimum atomic E-state index is -2.19. The van der Waals surface area contributed by atoms with Crippen molar-refractivity contribution in [3.8, 4) is 0 Å². The summed E-state index contributed by atoms with van der Waals surface area (Å²) in [6.45, 7) is 4.52. The van der Waals surface area contributed by atoms with Crippen LogP contribution in [0.1, 0.15) is 40.6 Å². The van der Waals surface area contributed by atoms with Crippen molar-refractivity contribution in [2.75, 3.05) is 7.11 Å². The number of rotatable bonds is 2. The molecule has 25 heavy (non-hydrogen) atoms. The molecular weight excluding hydrogens is 383 g/mol. The van der Waals surface area contributed by atoms with Crippen molar-refractivity contribution in [3.05, 3.63) is 81.9 Å². The van der Waals surface area contributed by atoms with E-state index in [2.05, 4.69) is 74.5 Å². The van der Waals surface area contributed by atoms with E-state index in [-0.39, 0.29) is 0 Å². The van der Waals surface area contributed by atoms with Gasteiger partial charge in [-0.1, -0.05) is 0 Å². The Morgan fingerprint density at radius 2 is 1.20 bits per heavy atom. The van der Waals surface area contributed by atoms with Gasteiger partial charge in [0.2, 0.25) is 0 Å². The van der Waals surface area contributed by atoms with Crippen LogP contribution in [-0.4, -0.2) is 12.2 Å². The van der Waals surface area contributed by atoms with E-state index >= 15 is 0 Å². The minimum absolute atomic E-state index is 0.792. The molecular formula is C23H26OZr. The van der Waals surface area contributed by atoms with Crippen molar-refractivity contribution < 1.29 is 25.4 Å². The normalized spacial score (nSPS) is 23.7. The summed E-state index contributed by atoms with van der Waals surface area (Å²) in [5.41, 5.74) is 9.22. The molecule has 128 valence electrons. The maximum absolute atomic E-state index is 7.00. The van der Waals surface area contributed by atoms with E-state index in [1.165, 1.54) is 22.3 Å². The molecule has 2 unspecified atom stereocenters. The fraction of sp³-hybridized carbons (Fsp3) is 0.304. The summed E-state index contributed by atoms with van der Waals surface area (Å²) in [4.78, 5) is 0. The van der Waals surface area contributed by atoms with Crippen LogP contribution in [0.2, 0.25) is 8.26 Å². The first-order valence-electron chi connectivity index (χ1n) is 9.21. The molecule has 2 aromatic rings. The van der Waals surface area contributed by atoms with E-state index in [9.17, 15) is 0 Å². The molecule has 1 heterocycles. The number of aliphatic hydroxyl groups is 1. The Kier molecular flexibility index (Phi) is 4.46. The van der Waals surface area contributed by atoms with Crippen LogP contribution in [-0.2, 0) is 20.3 Å². The van der Waals surface area contributed by atoms with Crippen molar-refractivity contribution in [2.45, 2.75) is 29.4 Å². The third-order valence-electron chi connectivity index (χ3n) is 6.36. The van der Waals surface area contributed by atoms with Crippen LogP contribution in [0.25, 0.3) is 12.2 Å². The van der Waals surface area contributed by atoms with E-state index in [4.69, 9.17) is 5.11 Å². The Hall–Kier alpha value is -1.24. The van der Waals surface area contributed by atoms with Crippen molar-refractivity contribution in [3.63, 3.8) is 0 Å². The number of hydrogen-bond donors (Lipinski definition) is 1. The molecule has 0 radical (unpaired) electrons.